The topological polar surface area (TPSA) is 43.1 Å². The maximum Gasteiger partial charge on any atom is 0.203 e. The normalized spacial score (nSPS) is 10.4. The highest BCUT2D eigenvalue weighted by molar-refractivity contribution is 9.13. The second kappa shape index (κ2) is 4.69. The monoisotopic (exact) mass is 359 g/mol. The molecule has 2 rings (SSSR count). The summed E-state index contributed by atoms with van der Waals surface area (Å²) in [6, 6.07) is 8.79. The summed E-state index contributed by atoms with van der Waals surface area (Å²) >= 11 is 8.13. The standard InChI is InChI=1S/C11H7Br2NOS/c12-8-5-9(16-11(8)13)10(15)6-2-1-3-7(14)4-6/h1-5H,14H2. The first kappa shape index (κ1) is 11.8. The van der Waals surface area contributed by atoms with Crippen LogP contribution < -0.4 is 5.73 Å². The lowest BCUT2D eigenvalue weighted by Gasteiger charge is -1.98. The minimum atomic E-state index is -0.0105. The molecule has 0 atom stereocenters. The van der Waals surface area contributed by atoms with Crippen LogP contribution in [-0.4, -0.2) is 5.78 Å². The van der Waals surface area contributed by atoms with E-state index in [9.17, 15) is 4.79 Å². The number of carbonyl (C=O) groups is 1. The molecule has 0 bridgehead atoms. The van der Waals surface area contributed by atoms with Crippen molar-refractivity contribution in [3.63, 3.8) is 0 Å². The Bertz CT molecular complexity index is 531. The third-order valence-electron chi connectivity index (χ3n) is 2.02. The molecule has 1 aromatic heterocycles. The van der Waals surface area contributed by atoms with Crippen LogP contribution in [0.3, 0.4) is 0 Å². The van der Waals surface area contributed by atoms with Crippen LogP contribution in [0.1, 0.15) is 15.2 Å². The van der Waals surface area contributed by atoms with Gasteiger partial charge < -0.3 is 5.73 Å². The molecule has 2 aromatic rings. The van der Waals surface area contributed by atoms with Crippen LogP contribution in [0.15, 0.2) is 38.6 Å². The summed E-state index contributed by atoms with van der Waals surface area (Å²) in [5.74, 6) is -0.0105. The van der Waals surface area contributed by atoms with Crippen LogP contribution in [0.4, 0.5) is 5.69 Å². The molecule has 1 heterocycles. The van der Waals surface area contributed by atoms with E-state index in [1.54, 1.807) is 30.3 Å². The minimum absolute atomic E-state index is 0.0105. The molecule has 0 radical (unpaired) electrons. The molecule has 2 N–H and O–H groups in total. The average molecular weight is 361 g/mol. The zero-order chi connectivity index (χ0) is 11.7. The van der Waals surface area contributed by atoms with Crippen LogP contribution >= 0.6 is 43.2 Å². The SMILES string of the molecule is Nc1cccc(C(=O)c2cc(Br)c(Br)s2)c1. The van der Waals surface area contributed by atoms with Gasteiger partial charge in [-0.1, -0.05) is 12.1 Å². The van der Waals surface area contributed by atoms with Gasteiger partial charge in [-0.25, -0.2) is 0 Å². The molecule has 5 heteroatoms. The molecule has 2 nitrogen and oxygen atoms in total. The molecule has 0 unspecified atom stereocenters. The Labute approximate surface area is 114 Å². The number of nitrogens with two attached hydrogens (primary N) is 1. The highest BCUT2D eigenvalue weighted by atomic mass is 79.9. The average Bonchev–Trinajstić information content (AvgIpc) is 2.58. The van der Waals surface area contributed by atoms with E-state index in [1.165, 1.54) is 11.3 Å². The number of thiophene rings is 1. The predicted molar refractivity (Wildman–Crippen MR) is 74.0 cm³/mol. The molecule has 0 aliphatic heterocycles. The molecule has 0 aliphatic rings. The van der Waals surface area contributed by atoms with Crippen LogP contribution in [0.5, 0.6) is 0 Å². The Morgan fingerprint density at radius 3 is 2.56 bits per heavy atom. The van der Waals surface area contributed by atoms with Gasteiger partial charge in [-0.2, -0.15) is 0 Å². The van der Waals surface area contributed by atoms with Gasteiger partial charge in [0.2, 0.25) is 5.78 Å². The van der Waals surface area contributed by atoms with Crippen molar-refractivity contribution >= 4 is 54.7 Å². The van der Waals surface area contributed by atoms with Crippen molar-refractivity contribution in [2.45, 2.75) is 0 Å². The fourth-order valence-corrected chi connectivity index (χ4v) is 3.28. The van der Waals surface area contributed by atoms with Gasteiger partial charge >= 0.3 is 0 Å². The Hall–Kier alpha value is -0.650. The summed E-state index contributed by atoms with van der Waals surface area (Å²) in [5.41, 5.74) is 6.85. The number of hydrogen-bond donors (Lipinski definition) is 1. The van der Waals surface area contributed by atoms with Gasteiger partial charge in [0.1, 0.15) is 0 Å². The number of hydrogen-bond acceptors (Lipinski definition) is 3. The smallest absolute Gasteiger partial charge is 0.203 e. The van der Waals surface area contributed by atoms with Gasteiger partial charge in [0.25, 0.3) is 0 Å². The van der Waals surface area contributed by atoms with E-state index in [1.807, 2.05) is 0 Å². The minimum Gasteiger partial charge on any atom is -0.399 e. The van der Waals surface area contributed by atoms with E-state index in [-0.39, 0.29) is 5.78 Å². The lowest BCUT2D eigenvalue weighted by Crippen LogP contribution is -1.99. The maximum absolute atomic E-state index is 12.1. The third-order valence-corrected chi connectivity index (χ3v) is 5.27. The number of nitrogen functional groups attached to an aromatic ring is 1. The van der Waals surface area contributed by atoms with Crippen LogP contribution in [0, 0.1) is 0 Å². The summed E-state index contributed by atoms with van der Waals surface area (Å²) in [5, 5.41) is 0. The number of ketones is 1. The molecular formula is C11H7Br2NOS. The first-order valence-corrected chi connectivity index (χ1v) is 6.83. The van der Waals surface area contributed by atoms with Crippen molar-refractivity contribution < 1.29 is 4.79 Å². The van der Waals surface area contributed by atoms with Gasteiger partial charge in [0, 0.05) is 15.7 Å². The number of anilines is 1. The van der Waals surface area contributed by atoms with Gasteiger partial charge in [-0.05, 0) is 50.1 Å². The lowest BCUT2D eigenvalue weighted by atomic mass is 10.1. The van der Waals surface area contributed by atoms with Crippen molar-refractivity contribution in [1.29, 1.82) is 0 Å². The molecule has 0 saturated heterocycles. The number of benzene rings is 1. The Kier molecular flexibility index (Phi) is 3.47. The Balaban J connectivity index is 2.39. The van der Waals surface area contributed by atoms with E-state index in [0.717, 1.165) is 8.26 Å². The summed E-state index contributed by atoms with van der Waals surface area (Å²) in [4.78, 5) is 12.8. The summed E-state index contributed by atoms with van der Waals surface area (Å²) in [6.07, 6.45) is 0. The van der Waals surface area contributed by atoms with Gasteiger partial charge in [0.15, 0.2) is 0 Å². The zero-order valence-electron chi connectivity index (χ0n) is 8.04. The molecule has 82 valence electrons. The quantitative estimate of drug-likeness (QED) is 0.647. The van der Waals surface area contributed by atoms with Crippen molar-refractivity contribution in [3.05, 3.63) is 49.0 Å². The molecule has 0 amide bonds. The summed E-state index contributed by atoms with van der Waals surface area (Å²) in [7, 11) is 0. The van der Waals surface area contributed by atoms with Crippen molar-refractivity contribution in [2.24, 2.45) is 0 Å². The fraction of sp³-hybridized carbons (Fsp3) is 0. The van der Waals surface area contributed by atoms with Gasteiger partial charge in [0.05, 0.1) is 8.66 Å². The lowest BCUT2D eigenvalue weighted by molar-refractivity contribution is 0.104. The van der Waals surface area contributed by atoms with E-state index >= 15 is 0 Å². The highest BCUT2D eigenvalue weighted by Crippen LogP contribution is 2.33. The molecular weight excluding hydrogens is 354 g/mol. The third kappa shape index (κ3) is 2.36. The first-order chi connectivity index (χ1) is 7.58. The summed E-state index contributed by atoms with van der Waals surface area (Å²) < 4.78 is 1.81. The van der Waals surface area contributed by atoms with Crippen molar-refractivity contribution in [2.75, 3.05) is 5.73 Å². The Morgan fingerprint density at radius 1 is 1.25 bits per heavy atom. The first-order valence-electron chi connectivity index (χ1n) is 4.43. The van der Waals surface area contributed by atoms with Crippen molar-refractivity contribution in [3.8, 4) is 0 Å². The molecule has 16 heavy (non-hydrogen) atoms. The van der Waals surface area contributed by atoms with E-state index in [4.69, 9.17) is 5.73 Å². The van der Waals surface area contributed by atoms with Gasteiger partial charge in [-0.3, -0.25) is 4.79 Å². The number of halogens is 2. The van der Waals surface area contributed by atoms with Crippen LogP contribution in [0.2, 0.25) is 0 Å². The van der Waals surface area contributed by atoms with E-state index in [0.29, 0.717) is 16.1 Å². The van der Waals surface area contributed by atoms with Crippen molar-refractivity contribution in [1.82, 2.24) is 0 Å². The predicted octanol–water partition coefficient (Wildman–Crippen LogP) is 4.09. The fourth-order valence-electron chi connectivity index (χ4n) is 1.28. The number of rotatable bonds is 2. The largest absolute Gasteiger partial charge is 0.399 e. The van der Waals surface area contributed by atoms with E-state index < -0.39 is 0 Å². The molecule has 0 spiro atoms. The number of carbonyl (C=O) groups excluding carboxylic acids is 1. The zero-order valence-corrected chi connectivity index (χ0v) is 12.0. The second-order valence-electron chi connectivity index (χ2n) is 3.19. The van der Waals surface area contributed by atoms with Crippen LogP contribution in [-0.2, 0) is 0 Å². The summed E-state index contributed by atoms with van der Waals surface area (Å²) in [6.45, 7) is 0. The molecule has 0 fully saturated rings. The van der Waals surface area contributed by atoms with E-state index in [2.05, 4.69) is 31.9 Å². The molecule has 0 saturated carbocycles. The highest BCUT2D eigenvalue weighted by Gasteiger charge is 2.14. The second-order valence-corrected chi connectivity index (χ2v) is 6.41. The maximum atomic E-state index is 12.1. The van der Waals surface area contributed by atoms with Gasteiger partial charge in [-0.15, -0.1) is 11.3 Å². The molecule has 1 aromatic carbocycles. The molecule has 0 aliphatic carbocycles. The Morgan fingerprint density at radius 2 is 2.00 bits per heavy atom. The van der Waals surface area contributed by atoms with Crippen LogP contribution in [0.25, 0.3) is 0 Å².